The third-order valence-electron chi connectivity index (χ3n) is 6.32. The lowest BCUT2D eigenvalue weighted by Crippen LogP contribution is -2.15. The van der Waals surface area contributed by atoms with E-state index in [0.717, 1.165) is 38.3 Å². The molecule has 0 saturated carbocycles. The van der Waals surface area contributed by atoms with Crippen molar-refractivity contribution in [3.05, 3.63) is 76.2 Å². The van der Waals surface area contributed by atoms with Crippen molar-refractivity contribution in [2.24, 2.45) is 0 Å². The molecule has 0 aliphatic carbocycles. The zero-order valence-electron chi connectivity index (χ0n) is 21.3. The van der Waals surface area contributed by atoms with Crippen LogP contribution in [0.3, 0.4) is 0 Å². The second kappa shape index (κ2) is 10.3. The largest absolute Gasteiger partial charge is 0.497 e. The van der Waals surface area contributed by atoms with Crippen molar-refractivity contribution in [2.75, 3.05) is 25.3 Å². The Morgan fingerprint density at radius 2 is 1.82 bits per heavy atom. The number of fused-ring (bicyclic) bond motifs is 5. The molecule has 3 heterocycles. The van der Waals surface area contributed by atoms with Gasteiger partial charge in [-0.15, -0.1) is 0 Å². The number of imidazole rings is 1. The van der Waals surface area contributed by atoms with Crippen LogP contribution in [0.25, 0.3) is 32.7 Å². The SMILES string of the molecule is COc1ccc(NC(=O)CSc2nc3c(sc(=S)n3-c3ccccc3C)c3nc4ccccc4n23)c(OC)c1. The number of methoxy groups -OCH3 is 2. The number of hydrogen-bond acceptors (Lipinski definition) is 8. The van der Waals surface area contributed by atoms with E-state index in [1.807, 2.05) is 51.4 Å². The van der Waals surface area contributed by atoms with Gasteiger partial charge >= 0.3 is 0 Å². The van der Waals surface area contributed by atoms with Crippen molar-refractivity contribution in [3.8, 4) is 17.2 Å². The van der Waals surface area contributed by atoms with Crippen LogP contribution in [0.1, 0.15) is 5.56 Å². The van der Waals surface area contributed by atoms with Gasteiger partial charge in [0.25, 0.3) is 0 Å². The topological polar surface area (TPSA) is 82.7 Å². The summed E-state index contributed by atoms with van der Waals surface area (Å²) in [6.45, 7) is 2.05. The molecule has 39 heavy (non-hydrogen) atoms. The van der Waals surface area contributed by atoms with E-state index in [-0.39, 0.29) is 11.7 Å². The predicted octanol–water partition coefficient (Wildman–Crippen LogP) is 6.67. The van der Waals surface area contributed by atoms with Gasteiger partial charge < -0.3 is 14.8 Å². The second-order valence-corrected chi connectivity index (χ2v) is 11.3. The monoisotopic (exact) mass is 573 g/mol. The highest BCUT2D eigenvalue weighted by molar-refractivity contribution is 7.99. The lowest BCUT2D eigenvalue weighted by atomic mass is 10.2. The minimum Gasteiger partial charge on any atom is -0.497 e. The van der Waals surface area contributed by atoms with E-state index in [1.54, 1.807) is 32.4 Å². The average molecular weight is 574 g/mol. The molecular weight excluding hydrogens is 551 g/mol. The molecule has 3 aromatic heterocycles. The number of aryl methyl sites for hydroxylation is 1. The number of hydrogen-bond donors (Lipinski definition) is 1. The van der Waals surface area contributed by atoms with Crippen LogP contribution >= 0.6 is 35.3 Å². The first-order valence-electron chi connectivity index (χ1n) is 12.0. The number of benzene rings is 3. The van der Waals surface area contributed by atoms with Crippen LogP contribution in [0.4, 0.5) is 5.69 Å². The molecule has 1 N–H and O–H groups in total. The lowest BCUT2D eigenvalue weighted by molar-refractivity contribution is -0.113. The van der Waals surface area contributed by atoms with Crippen LogP contribution in [-0.4, -0.2) is 44.8 Å². The zero-order valence-corrected chi connectivity index (χ0v) is 23.7. The van der Waals surface area contributed by atoms with E-state index in [1.165, 1.54) is 23.1 Å². The average Bonchev–Trinajstić information content (AvgIpc) is 3.50. The Balaban J connectivity index is 1.44. The summed E-state index contributed by atoms with van der Waals surface area (Å²) in [6.07, 6.45) is 0. The normalized spacial score (nSPS) is 11.4. The van der Waals surface area contributed by atoms with Gasteiger partial charge in [-0.05, 0) is 55.0 Å². The number of nitrogens with one attached hydrogen (secondary N) is 1. The van der Waals surface area contributed by atoms with E-state index < -0.39 is 0 Å². The van der Waals surface area contributed by atoms with Crippen molar-refractivity contribution >= 4 is 73.9 Å². The van der Waals surface area contributed by atoms with Crippen molar-refractivity contribution in [1.29, 1.82) is 0 Å². The maximum absolute atomic E-state index is 13.1. The highest BCUT2D eigenvalue weighted by atomic mass is 32.2. The van der Waals surface area contributed by atoms with Crippen molar-refractivity contribution < 1.29 is 14.3 Å². The molecule has 0 unspecified atom stereocenters. The molecule has 196 valence electrons. The summed E-state index contributed by atoms with van der Waals surface area (Å²) >= 11 is 8.64. The molecule has 8 nitrogen and oxygen atoms in total. The number of amides is 1. The van der Waals surface area contributed by atoms with E-state index in [2.05, 4.69) is 18.3 Å². The van der Waals surface area contributed by atoms with Crippen molar-refractivity contribution in [1.82, 2.24) is 18.9 Å². The molecule has 0 aliphatic rings. The number of carbonyl (C=O) groups is 1. The molecule has 0 aliphatic heterocycles. The Labute approximate surface area is 237 Å². The minimum atomic E-state index is -0.191. The van der Waals surface area contributed by atoms with Crippen LogP contribution in [-0.2, 0) is 4.79 Å². The Hall–Kier alpha value is -3.93. The van der Waals surface area contributed by atoms with Gasteiger partial charge in [0.05, 0.1) is 42.4 Å². The van der Waals surface area contributed by atoms with Crippen LogP contribution in [0, 0.1) is 10.9 Å². The third-order valence-corrected chi connectivity index (χ3v) is 8.61. The maximum Gasteiger partial charge on any atom is 0.234 e. The molecule has 0 saturated heterocycles. The fourth-order valence-corrected chi connectivity index (χ4v) is 6.61. The number of ether oxygens (including phenoxy) is 2. The summed E-state index contributed by atoms with van der Waals surface area (Å²) in [5.41, 5.74) is 5.89. The molecule has 3 aromatic carbocycles. The van der Waals surface area contributed by atoms with Crippen LogP contribution in [0.5, 0.6) is 11.5 Å². The summed E-state index contributed by atoms with van der Waals surface area (Å²) < 4.78 is 16.3. The molecule has 0 spiro atoms. The molecule has 1 amide bonds. The Kier molecular flexibility index (Phi) is 6.71. The molecular formula is C28H23N5O3S3. The van der Waals surface area contributed by atoms with Gasteiger partial charge in [0, 0.05) is 6.07 Å². The molecule has 6 rings (SSSR count). The lowest BCUT2D eigenvalue weighted by Gasteiger charge is -2.12. The zero-order chi connectivity index (χ0) is 27.1. The Bertz CT molecular complexity index is 1940. The highest BCUT2D eigenvalue weighted by Crippen LogP contribution is 2.35. The van der Waals surface area contributed by atoms with E-state index in [4.69, 9.17) is 31.7 Å². The number of aromatic nitrogens is 4. The van der Waals surface area contributed by atoms with Crippen molar-refractivity contribution in [3.63, 3.8) is 0 Å². The van der Waals surface area contributed by atoms with E-state index in [0.29, 0.717) is 26.3 Å². The van der Waals surface area contributed by atoms with Gasteiger partial charge in [0.1, 0.15) is 16.2 Å². The number of para-hydroxylation sites is 3. The smallest absolute Gasteiger partial charge is 0.234 e. The van der Waals surface area contributed by atoms with Gasteiger partial charge in [-0.2, -0.15) is 0 Å². The Morgan fingerprint density at radius 1 is 1.03 bits per heavy atom. The molecule has 0 fully saturated rings. The van der Waals surface area contributed by atoms with Gasteiger partial charge in [-0.1, -0.05) is 53.4 Å². The maximum atomic E-state index is 13.1. The fourth-order valence-electron chi connectivity index (χ4n) is 4.47. The fraction of sp³-hybridized carbons (Fsp3) is 0.143. The summed E-state index contributed by atoms with van der Waals surface area (Å²) in [4.78, 5) is 23.1. The number of thioether (sulfide) groups is 1. The number of nitrogens with zero attached hydrogens (tertiary/aromatic N) is 4. The first-order chi connectivity index (χ1) is 19.0. The number of thiazole rings is 1. The van der Waals surface area contributed by atoms with Crippen molar-refractivity contribution in [2.45, 2.75) is 12.1 Å². The highest BCUT2D eigenvalue weighted by Gasteiger charge is 2.21. The molecule has 11 heteroatoms. The first kappa shape index (κ1) is 25.4. The standard InChI is InChI=1S/C28H23N5O3S3/c1-16-8-4-6-10-20(16)33-26-24(39-28(33)37)25-30-18-9-5-7-11-21(18)32(25)27(31-26)38-15-23(34)29-19-13-12-17(35-2)14-22(19)36-3/h4-14H,15H2,1-3H3,(H,29,34). The van der Waals surface area contributed by atoms with Gasteiger partial charge in [0.2, 0.25) is 5.91 Å². The molecule has 0 radical (unpaired) electrons. The number of carbonyl (C=O) groups excluding carboxylic acids is 1. The van der Waals surface area contributed by atoms with E-state index >= 15 is 0 Å². The van der Waals surface area contributed by atoms with Gasteiger partial charge in [-0.3, -0.25) is 13.8 Å². The second-order valence-electron chi connectivity index (χ2n) is 8.70. The van der Waals surface area contributed by atoms with E-state index in [9.17, 15) is 4.79 Å². The summed E-state index contributed by atoms with van der Waals surface area (Å²) in [7, 11) is 3.14. The molecule has 0 atom stereocenters. The first-order valence-corrected chi connectivity index (χ1v) is 14.2. The molecule has 0 bridgehead atoms. The summed E-state index contributed by atoms with van der Waals surface area (Å²) in [5, 5.41) is 3.59. The van der Waals surface area contributed by atoms with Crippen LogP contribution in [0.2, 0.25) is 0 Å². The predicted molar refractivity (Wildman–Crippen MR) is 160 cm³/mol. The van der Waals surface area contributed by atoms with Crippen LogP contribution < -0.4 is 14.8 Å². The minimum absolute atomic E-state index is 0.129. The van der Waals surface area contributed by atoms with Gasteiger partial charge in [-0.25, -0.2) is 9.97 Å². The van der Waals surface area contributed by atoms with Gasteiger partial charge in [0.15, 0.2) is 20.4 Å². The third kappa shape index (κ3) is 4.52. The Morgan fingerprint density at radius 3 is 2.62 bits per heavy atom. The number of rotatable bonds is 7. The van der Waals surface area contributed by atoms with Crippen LogP contribution in [0.15, 0.2) is 71.9 Å². The number of anilines is 1. The summed E-state index contributed by atoms with van der Waals surface area (Å²) in [6, 6.07) is 21.3. The summed E-state index contributed by atoms with van der Waals surface area (Å²) in [5.74, 6) is 1.10. The quantitative estimate of drug-likeness (QED) is 0.130. The molecule has 6 aromatic rings.